The van der Waals surface area contributed by atoms with Crippen LogP contribution in [0, 0.1) is 5.82 Å². The Bertz CT molecular complexity index is 1410. The average molecular weight is 628 g/mol. The zero-order valence-electron chi connectivity index (χ0n) is 20.5. The van der Waals surface area contributed by atoms with Crippen molar-refractivity contribution >= 4 is 57.1 Å². The van der Waals surface area contributed by atoms with E-state index in [0.717, 1.165) is 12.4 Å². The van der Waals surface area contributed by atoms with Crippen LogP contribution in [-0.2, 0) is 10.7 Å². The largest absolute Gasteiger partial charge is 0.506 e. The SMILES string of the molecule is CCC(F)(F)c1cccc(NC(=O)c2c(Br)cc(Cl)c(O)c2/C=N\Nc2ncc(F)c(N3CCOCC3)n2)c1. The molecule has 1 amide bonds. The molecule has 39 heavy (non-hydrogen) atoms. The number of phenolic OH excluding ortho intramolecular Hbond substituents is 1. The summed E-state index contributed by atoms with van der Waals surface area (Å²) in [6.45, 7) is 3.14. The fraction of sp³-hybridized carbons (Fsp3) is 0.280. The number of hydrogen-bond acceptors (Lipinski definition) is 8. The van der Waals surface area contributed by atoms with E-state index < -0.39 is 29.8 Å². The van der Waals surface area contributed by atoms with Crippen molar-refractivity contribution in [2.45, 2.75) is 19.3 Å². The number of amides is 1. The maximum atomic E-state index is 14.3. The maximum Gasteiger partial charge on any atom is 0.273 e. The molecule has 0 atom stereocenters. The van der Waals surface area contributed by atoms with Gasteiger partial charge in [-0.15, -0.1) is 0 Å². The van der Waals surface area contributed by atoms with Gasteiger partial charge in [-0.1, -0.05) is 30.7 Å². The number of nitrogens with zero attached hydrogens (tertiary/aromatic N) is 4. The lowest BCUT2D eigenvalue weighted by molar-refractivity contribution is -0.00824. The zero-order chi connectivity index (χ0) is 28.2. The van der Waals surface area contributed by atoms with Gasteiger partial charge in [0.1, 0.15) is 5.75 Å². The Morgan fingerprint density at radius 2 is 2.08 bits per heavy atom. The van der Waals surface area contributed by atoms with E-state index in [1.54, 1.807) is 4.90 Å². The van der Waals surface area contributed by atoms with E-state index in [4.69, 9.17) is 16.3 Å². The van der Waals surface area contributed by atoms with Gasteiger partial charge >= 0.3 is 0 Å². The number of halogens is 5. The van der Waals surface area contributed by atoms with E-state index in [1.807, 2.05) is 0 Å². The summed E-state index contributed by atoms with van der Waals surface area (Å²) < 4.78 is 48.1. The standard InChI is InChI=1S/C25H23BrClF3N6O3/c1-2-25(29,30)14-4-3-5-15(10-14)33-23(38)20-16(21(37)18(27)11-17(20)26)12-32-35-24-31-13-19(28)22(34-24)36-6-8-39-9-7-36/h3-5,10-13,37H,2,6-9H2,1H3,(H,33,38)(H,31,34,35)/b32-12-. The highest BCUT2D eigenvalue weighted by molar-refractivity contribution is 9.10. The summed E-state index contributed by atoms with van der Waals surface area (Å²) in [6.07, 6.45) is 1.71. The summed E-state index contributed by atoms with van der Waals surface area (Å²) in [5.74, 6) is -4.80. The molecule has 2 aromatic carbocycles. The first-order valence-corrected chi connectivity index (χ1v) is 12.9. The summed E-state index contributed by atoms with van der Waals surface area (Å²) in [4.78, 5) is 22.9. The smallest absolute Gasteiger partial charge is 0.273 e. The van der Waals surface area contributed by atoms with Crippen molar-refractivity contribution < 1.29 is 27.8 Å². The summed E-state index contributed by atoms with van der Waals surface area (Å²) in [7, 11) is 0. The number of ether oxygens (including phenoxy) is 1. The van der Waals surface area contributed by atoms with Crippen molar-refractivity contribution in [1.29, 1.82) is 0 Å². The monoisotopic (exact) mass is 626 g/mol. The van der Waals surface area contributed by atoms with Crippen molar-refractivity contribution in [3.05, 3.63) is 68.5 Å². The molecule has 0 aliphatic carbocycles. The van der Waals surface area contributed by atoms with E-state index in [0.29, 0.717) is 26.3 Å². The van der Waals surface area contributed by atoms with Crippen LogP contribution in [0.3, 0.4) is 0 Å². The number of alkyl halides is 2. The Morgan fingerprint density at radius 3 is 2.79 bits per heavy atom. The van der Waals surface area contributed by atoms with Crippen LogP contribution in [0.1, 0.15) is 34.8 Å². The molecule has 0 unspecified atom stereocenters. The normalized spacial score (nSPS) is 14.1. The first-order valence-electron chi connectivity index (χ1n) is 11.8. The van der Waals surface area contributed by atoms with E-state index >= 15 is 0 Å². The van der Waals surface area contributed by atoms with Crippen molar-refractivity contribution in [3.63, 3.8) is 0 Å². The lowest BCUT2D eigenvalue weighted by Gasteiger charge is -2.27. The Morgan fingerprint density at radius 1 is 1.33 bits per heavy atom. The minimum absolute atomic E-state index is 0.0330. The van der Waals surface area contributed by atoms with Gasteiger partial charge in [0.25, 0.3) is 11.8 Å². The molecule has 0 bridgehead atoms. The minimum Gasteiger partial charge on any atom is -0.506 e. The molecular weight excluding hydrogens is 605 g/mol. The highest BCUT2D eigenvalue weighted by Crippen LogP contribution is 2.36. The number of aromatic nitrogens is 2. The van der Waals surface area contributed by atoms with E-state index in [-0.39, 0.29) is 43.6 Å². The molecule has 1 aromatic heterocycles. The topological polar surface area (TPSA) is 112 Å². The number of benzene rings is 2. The molecule has 1 aliphatic rings. The fourth-order valence-corrected chi connectivity index (χ4v) is 4.73. The predicted molar refractivity (Wildman–Crippen MR) is 146 cm³/mol. The van der Waals surface area contributed by atoms with Crippen molar-refractivity contribution in [2.75, 3.05) is 41.9 Å². The number of phenols is 1. The molecule has 14 heteroatoms. The molecule has 1 fully saturated rings. The third-order valence-corrected chi connectivity index (χ3v) is 6.76. The minimum atomic E-state index is -3.06. The first kappa shape index (κ1) is 28.6. The Labute approximate surface area is 235 Å². The van der Waals surface area contributed by atoms with Crippen LogP contribution in [0.15, 0.2) is 46.1 Å². The van der Waals surface area contributed by atoms with Gasteiger partial charge in [0.05, 0.1) is 41.8 Å². The summed E-state index contributed by atoms with van der Waals surface area (Å²) >= 11 is 9.37. The van der Waals surface area contributed by atoms with Crippen molar-refractivity contribution in [3.8, 4) is 5.75 Å². The van der Waals surface area contributed by atoms with Gasteiger partial charge in [-0.25, -0.2) is 23.6 Å². The van der Waals surface area contributed by atoms with Gasteiger partial charge in [0.15, 0.2) is 11.6 Å². The molecule has 4 rings (SSSR count). The summed E-state index contributed by atoms with van der Waals surface area (Å²) in [6, 6.07) is 6.64. The van der Waals surface area contributed by atoms with E-state index in [9.17, 15) is 23.1 Å². The molecule has 0 radical (unpaired) electrons. The summed E-state index contributed by atoms with van der Waals surface area (Å²) in [5, 5.41) is 17.1. The number of nitrogens with one attached hydrogen (secondary N) is 2. The van der Waals surface area contributed by atoms with Crippen LogP contribution in [0.4, 0.5) is 30.6 Å². The maximum absolute atomic E-state index is 14.3. The second-order valence-electron chi connectivity index (χ2n) is 8.41. The number of carbonyl (C=O) groups is 1. The second-order valence-corrected chi connectivity index (χ2v) is 9.67. The van der Waals surface area contributed by atoms with Crippen LogP contribution in [-0.4, -0.2) is 53.5 Å². The molecule has 3 N–H and O–H groups in total. The predicted octanol–water partition coefficient (Wildman–Crippen LogP) is 5.77. The van der Waals surface area contributed by atoms with Crippen molar-refractivity contribution in [2.24, 2.45) is 5.10 Å². The Kier molecular flexibility index (Phi) is 8.93. The number of hydrogen-bond donors (Lipinski definition) is 3. The number of aromatic hydroxyl groups is 1. The van der Waals surface area contributed by atoms with Crippen LogP contribution < -0.4 is 15.6 Å². The number of morpholine rings is 1. The third kappa shape index (κ3) is 6.60. The van der Waals surface area contributed by atoms with Crippen LogP contribution in [0.5, 0.6) is 5.75 Å². The number of carbonyl (C=O) groups excluding carboxylic acids is 1. The fourth-order valence-electron chi connectivity index (χ4n) is 3.77. The number of anilines is 3. The van der Waals surface area contributed by atoms with Gasteiger partial charge in [-0.2, -0.15) is 10.1 Å². The lowest BCUT2D eigenvalue weighted by atomic mass is 10.0. The van der Waals surface area contributed by atoms with Gasteiger partial charge in [0.2, 0.25) is 5.95 Å². The second kappa shape index (κ2) is 12.2. The Balaban J connectivity index is 1.59. The van der Waals surface area contributed by atoms with Gasteiger partial charge in [-0.05, 0) is 34.1 Å². The van der Waals surface area contributed by atoms with Crippen LogP contribution in [0.25, 0.3) is 0 Å². The molecule has 206 valence electrons. The molecule has 1 aliphatic heterocycles. The summed E-state index contributed by atoms with van der Waals surface area (Å²) in [5.41, 5.74) is 2.29. The third-order valence-electron chi connectivity index (χ3n) is 5.85. The van der Waals surface area contributed by atoms with E-state index in [2.05, 4.69) is 41.7 Å². The molecular formula is C25H23BrClF3N6O3. The van der Waals surface area contributed by atoms with Gasteiger partial charge < -0.3 is 20.1 Å². The number of rotatable bonds is 8. The molecule has 9 nitrogen and oxygen atoms in total. The molecule has 2 heterocycles. The quantitative estimate of drug-likeness (QED) is 0.215. The van der Waals surface area contributed by atoms with Crippen molar-refractivity contribution in [1.82, 2.24) is 9.97 Å². The van der Waals surface area contributed by atoms with Gasteiger partial charge in [0, 0.05) is 35.2 Å². The average Bonchev–Trinajstić information content (AvgIpc) is 2.92. The molecule has 3 aromatic rings. The first-order chi connectivity index (χ1) is 18.6. The molecule has 0 saturated carbocycles. The Hall–Kier alpha value is -3.42. The lowest BCUT2D eigenvalue weighted by Crippen LogP contribution is -2.37. The van der Waals surface area contributed by atoms with Gasteiger partial charge in [-0.3, -0.25) is 4.79 Å². The highest BCUT2D eigenvalue weighted by atomic mass is 79.9. The van der Waals surface area contributed by atoms with E-state index in [1.165, 1.54) is 37.3 Å². The number of hydrazone groups is 1. The molecule has 1 saturated heterocycles. The molecule has 0 spiro atoms. The van der Waals surface area contributed by atoms with Crippen LogP contribution >= 0.6 is 27.5 Å². The zero-order valence-corrected chi connectivity index (χ0v) is 22.9. The van der Waals surface area contributed by atoms with Crippen LogP contribution in [0.2, 0.25) is 5.02 Å². The highest BCUT2D eigenvalue weighted by Gasteiger charge is 2.29.